The van der Waals surface area contributed by atoms with E-state index in [9.17, 15) is 14.0 Å². The molecule has 1 aliphatic heterocycles. The van der Waals surface area contributed by atoms with Gasteiger partial charge in [-0.2, -0.15) is 4.98 Å². The van der Waals surface area contributed by atoms with Gasteiger partial charge < -0.3 is 30.5 Å². The second-order valence-electron chi connectivity index (χ2n) is 9.78. The first-order valence-corrected chi connectivity index (χ1v) is 12.5. The molecule has 3 aliphatic rings. The van der Waals surface area contributed by atoms with Crippen molar-refractivity contribution < 1.29 is 18.7 Å². The molecule has 5 rings (SSSR count). The monoisotopic (exact) mass is 509 g/mol. The first-order valence-electron chi connectivity index (χ1n) is 12.5. The van der Waals surface area contributed by atoms with Gasteiger partial charge in [0, 0.05) is 50.6 Å². The molecule has 1 saturated heterocycles. The number of methoxy groups -OCH3 is 1. The Hall–Kier alpha value is -3.73. The highest BCUT2D eigenvalue weighted by atomic mass is 19.1. The number of aromatic nitrogens is 2. The fraction of sp³-hybridized carbons (Fsp3) is 0.462. The van der Waals surface area contributed by atoms with E-state index in [1.54, 1.807) is 13.1 Å². The maximum Gasteiger partial charge on any atom is 0.311 e. The number of ether oxygens (including phenoxy) is 1. The van der Waals surface area contributed by atoms with Gasteiger partial charge in [0.25, 0.3) is 5.91 Å². The maximum atomic E-state index is 14.7. The molecular weight excluding hydrogens is 477 g/mol. The van der Waals surface area contributed by atoms with Gasteiger partial charge in [-0.3, -0.25) is 9.59 Å². The Balaban J connectivity index is 1.37. The van der Waals surface area contributed by atoms with Gasteiger partial charge in [-0.1, -0.05) is 12.2 Å². The van der Waals surface area contributed by atoms with Gasteiger partial charge in [0.15, 0.2) is 11.6 Å². The third-order valence-electron chi connectivity index (χ3n) is 7.55. The van der Waals surface area contributed by atoms with Crippen LogP contribution in [-0.2, 0) is 9.53 Å². The second-order valence-corrected chi connectivity index (χ2v) is 9.78. The molecule has 1 aromatic carbocycles. The average Bonchev–Trinajstić information content (AvgIpc) is 3.52. The molecule has 1 aromatic heterocycles. The van der Waals surface area contributed by atoms with Crippen LogP contribution < -0.4 is 20.9 Å². The number of likely N-dealkylation sites (N-methyl/N-ethyl adjacent to an activating group) is 1. The zero-order chi connectivity index (χ0) is 26.1. The van der Waals surface area contributed by atoms with Crippen molar-refractivity contribution in [3.05, 3.63) is 47.9 Å². The lowest BCUT2D eigenvalue weighted by molar-refractivity contribution is -0.146. The Labute approximate surface area is 215 Å². The molecule has 0 radical (unpaired) electrons. The predicted octanol–water partition coefficient (Wildman–Crippen LogP) is 2.25. The van der Waals surface area contributed by atoms with Gasteiger partial charge in [0.2, 0.25) is 5.95 Å². The van der Waals surface area contributed by atoms with E-state index in [0.29, 0.717) is 11.3 Å². The van der Waals surface area contributed by atoms with Crippen molar-refractivity contribution in [3.8, 4) is 0 Å². The third kappa shape index (κ3) is 4.95. The molecule has 3 N–H and O–H groups in total. The van der Waals surface area contributed by atoms with E-state index in [4.69, 9.17) is 4.74 Å². The van der Waals surface area contributed by atoms with E-state index in [-0.39, 0.29) is 41.5 Å². The Morgan fingerprint density at radius 1 is 1.14 bits per heavy atom. The van der Waals surface area contributed by atoms with Crippen LogP contribution in [0.5, 0.6) is 0 Å². The number of piperazine rings is 1. The van der Waals surface area contributed by atoms with Crippen LogP contribution in [0.4, 0.5) is 27.5 Å². The number of carbonyl (C=O) groups is 2. The molecule has 196 valence electrons. The summed E-state index contributed by atoms with van der Waals surface area (Å²) in [4.78, 5) is 38.0. The molecule has 4 atom stereocenters. The summed E-state index contributed by atoms with van der Waals surface area (Å²) >= 11 is 0. The number of esters is 1. The number of hydrogen-bond donors (Lipinski definition) is 3. The molecule has 2 aliphatic carbocycles. The number of nitrogens with one attached hydrogen (secondary N) is 3. The zero-order valence-electron chi connectivity index (χ0n) is 21.2. The molecule has 1 amide bonds. The number of halogens is 1. The van der Waals surface area contributed by atoms with Crippen molar-refractivity contribution in [1.29, 1.82) is 0 Å². The highest BCUT2D eigenvalue weighted by Crippen LogP contribution is 2.45. The SMILES string of the molecule is CNC(=O)c1cc(Nc2ncc(F)c(NC3C4C=CC(C4)C3C(=O)OC)n2)ccc1N1CCN(C)CC1. The number of rotatable bonds is 7. The van der Waals surface area contributed by atoms with Gasteiger partial charge in [-0.25, -0.2) is 9.37 Å². The molecule has 2 heterocycles. The number of fused-ring (bicyclic) bond motifs is 2. The summed E-state index contributed by atoms with van der Waals surface area (Å²) in [6, 6.07) is 5.19. The number of amides is 1. The lowest BCUT2D eigenvalue weighted by Crippen LogP contribution is -2.45. The zero-order valence-corrected chi connectivity index (χ0v) is 21.2. The van der Waals surface area contributed by atoms with Crippen molar-refractivity contribution in [2.75, 3.05) is 62.9 Å². The van der Waals surface area contributed by atoms with Crippen molar-refractivity contribution in [2.24, 2.45) is 17.8 Å². The highest BCUT2D eigenvalue weighted by molar-refractivity contribution is 6.00. The van der Waals surface area contributed by atoms with Crippen LogP contribution in [0.15, 0.2) is 36.5 Å². The fourth-order valence-electron chi connectivity index (χ4n) is 5.55. The van der Waals surface area contributed by atoms with Gasteiger partial charge in [-0.05, 0) is 43.5 Å². The smallest absolute Gasteiger partial charge is 0.311 e. The summed E-state index contributed by atoms with van der Waals surface area (Å²) in [5.74, 6) is -1.18. The second kappa shape index (κ2) is 10.3. The molecule has 37 heavy (non-hydrogen) atoms. The van der Waals surface area contributed by atoms with E-state index < -0.39 is 11.7 Å². The van der Waals surface area contributed by atoms with Crippen molar-refractivity contribution in [3.63, 3.8) is 0 Å². The summed E-state index contributed by atoms with van der Waals surface area (Å²) in [7, 11) is 5.05. The van der Waals surface area contributed by atoms with Gasteiger partial charge in [-0.15, -0.1) is 0 Å². The minimum absolute atomic E-state index is 0.0120. The predicted molar refractivity (Wildman–Crippen MR) is 138 cm³/mol. The molecule has 4 unspecified atom stereocenters. The number of allylic oxidation sites excluding steroid dienone is 1. The minimum Gasteiger partial charge on any atom is -0.469 e. The van der Waals surface area contributed by atoms with Crippen LogP contribution in [0.25, 0.3) is 0 Å². The van der Waals surface area contributed by atoms with Gasteiger partial charge in [0.05, 0.1) is 24.8 Å². The van der Waals surface area contributed by atoms with E-state index >= 15 is 0 Å². The molecule has 2 fully saturated rings. The molecule has 0 spiro atoms. The van der Waals surface area contributed by atoms with Crippen molar-refractivity contribution in [1.82, 2.24) is 20.2 Å². The Morgan fingerprint density at radius 3 is 2.62 bits per heavy atom. The molecule has 1 saturated carbocycles. The average molecular weight is 510 g/mol. The highest BCUT2D eigenvalue weighted by Gasteiger charge is 2.49. The number of benzene rings is 1. The summed E-state index contributed by atoms with van der Waals surface area (Å²) in [6.45, 7) is 3.49. The van der Waals surface area contributed by atoms with Crippen LogP contribution in [0.3, 0.4) is 0 Å². The van der Waals surface area contributed by atoms with Crippen LogP contribution in [0, 0.1) is 23.6 Å². The number of nitrogens with zero attached hydrogens (tertiary/aromatic N) is 4. The summed E-state index contributed by atoms with van der Waals surface area (Å²) in [5, 5.41) is 8.94. The lowest BCUT2D eigenvalue weighted by atomic mass is 9.89. The summed E-state index contributed by atoms with van der Waals surface area (Å²) in [6.07, 6.45) is 6.00. The van der Waals surface area contributed by atoms with Crippen LogP contribution in [0.2, 0.25) is 0 Å². The van der Waals surface area contributed by atoms with Crippen molar-refractivity contribution >= 4 is 35.0 Å². The lowest BCUT2D eigenvalue weighted by Gasteiger charge is -2.35. The summed E-state index contributed by atoms with van der Waals surface area (Å²) < 4.78 is 19.7. The minimum atomic E-state index is -0.614. The third-order valence-corrected chi connectivity index (χ3v) is 7.55. The quantitative estimate of drug-likeness (QED) is 0.382. The van der Waals surface area contributed by atoms with E-state index in [0.717, 1.165) is 44.5 Å². The molecule has 2 aromatic rings. The number of hydrogen-bond acceptors (Lipinski definition) is 9. The van der Waals surface area contributed by atoms with Gasteiger partial charge >= 0.3 is 5.97 Å². The standard InChI is InChI=1S/C26H32FN7O3/c1-28-24(35)18-13-17(6-7-20(18)34-10-8-33(2)9-11-34)30-26-29-14-19(27)23(32-26)31-22-16-5-4-15(12-16)21(22)25(36)37-3/h4-7,13-16,21-22H,8-12H2,1-3H3,(H,28,35)(H2,29,30,31,32). The Morgan fingerprint density at radius 2 is 1.89 bits per heavy atom. The molecule has 11 heteroatoms. The van der Waals surface area contributed by atoms with Crippen LogP contribution in [0.1, 0.15) is 16.8 Å². The first-order chi connectivity index (χ1) is 17.9. The van der Waals surface area contributed by atoms with E-state index in [1.807, 2.05) is 18.2 Å². The topological polar surface area (TPSA) is 112 Å². The van der Waals surface area contributed by atoms with E-state index in [1.165, 1.54) is 7.11 Å². The normalized spacial score (nSPS) is 24.7. The summed E-state index contributed by atoms with van der Waals surface area (Å²) in [5.41, 5.74) is 2.00. The molecule has 10 nitrogen and oxygen atoms in total. The first kappa shape index (κ1) is 24.9. The largest absolute Gasteiger partial charge is 0.469 e. The van der Waals surface area contributed by atoms with Crippen molar-refractivity contribution in [2.45, 2.75) is 12.5 Å². The van der Waals surface area contributed by atoms with Gasteiger partial charge in [0.1, 0.15) is 0 Å². The number of anilines is 4. The van der Waals surface area contributed by atoms with Crippen LogP contribution in [-0.4, -0.2) is 80.2 Å². The Kier molecular flexibility index (Phi) is 6.96. The van der Waals surface area contributed by atoms with Crippen LogP contribution >= 0.6 is 0 Å². The maximum absolute atomic E-state index is 14.7. The fourth-order valence-corrected chi connectivity index (χ4v) is 5.55. The molecule has 2 bridgehead atoms. The van der Waals surface area contributed by atoms with E-state index in [2.05, 4.69) is 48.8 Å². The number of carbonyl (C=O) groups excluding carboxylic acids is 2. The molecular formula is C26H32FN7O3. The Bertz CT molecular complexity index is 1210.